The molecular weight excluding hydrogens is 254 g/mol. The fourth-order valence-electron chi connectivity index (χ4n) is 2.98. The number of hydrogen-bond acceptors (Lipinski definition) is 2. The van der Waals surface area contributed by atoms with Gasteiger partial charge in [0.05, 0.1) is 5.41 Å². The molecule has 1 amide bonds. The highest BCUT2D eigenvalue weighted by Gasteiger charge is 2.64. The van der Waals surface area contributed by atoms with E-state index in [-0.39, 0.29) is 29.1 Å². The number of carboxylic acids is 1. The van der Waals surface area contributed by atoms with E-state index in [9.17, 15) is 14.7 Å². The third-order valence-corrected chi connectivity index (χ3v) is 6.11. The van der Waals surface area contributed by atoms with E-state index in [1.165, 1.54) is 0 Å². The molecule has 1 aliphatic rings. The van der Waals surface area contributed by atoms with Crippen molar-refractivity contribution < 1.29 is 14.7 Å². The van der Waals surface area contributed by atoms with Crippen LogP contribution >= 0.6 is 0 Å². The maximum atomic E-state index is 12.0. The predicted molar refractivity (Wildman–Crippen MR) is 79.3 cm³/mol. The quantitative estimate of drug-likeness (QED) is 0.787. The SMILES string of the molecule is CC(C)C(C)(CC(=O)NCC1C(C)(C)C1(C)C)C(=O)O. The number of amides is 1. The van der Waals surface area contributed by atoms with Crippen LogP contribution < -0.4 is 5.32 Å². The molecule has 1 rings (SSSR count). The van der Waals surface area contributed by atoms with Crippen LogP contribution in [0.1, 0.15) is 54.9 Å². The number of rotatable bonds is 6. The van der Waals surface area contributed by atoms with Gasteiger partial charge in [0.25, 0.3) is 0 Å². The van der Waals surface area contributed by atoms with Crippen LogP contribution in [-0.2, 0) is 9.59 Å². The number of nitrogens with one attached hydrogen (secondary N) is 1. The lowest BCUT2D eigenvalue weighted by molar-refractivity contribution is -0.153. The van der Waals surface area contributed by atoms with Crippen LogP contribution in [0.15, 0.2) is 0 Å². The van der Waals surface area contributed by atoms with Gasteiger partial charge in [-0.2, -0.15) is 0 Å². The lowest BCUT2D eigenvalue weighted by Gasteiger charge is -2.28. The van der Waals surface area contributed by atoms with Gasteiger partial charge in [0, 0.05) is 13.0 Å². The molecule has 1 aliphatic carbocycles. The van der Waals surface area contributed by atoms with Gasteiger partial charge in [-0.05, 0) is 29.6 Å². The first-order valence-electron chi connectivity index (χ1n) is 7.37. The van der Waals surface area contributed by atoms with Crippen LogP contribution in [0.3, 0.4) is 0 Å². The van der Waals surface area contributed by atoms with Gasteiger partial charge >= 0.3 is 5.97 Å². The Kier molecular flexibility index (Phi) is 4.29. The zero-order chi connectivity index (χ0) is 15.9. The Labute approximate surface area is 122 Å². The van der Waals surface area contributed by atoms with E-state index in [2.05, 4.69) is 33.0 Å². The van der Waals surface area contributed by atoms with Gasteiger partial charge in [0.15, 0.2) is 0 Å². The van der Waals surface area contributed by atoms with E-state index >= 15 is 0 Å². The molecular formula is C16H29NO3. The van der Waals surface area contributed by atoms with Crippen molar-refractivity contribution in [1.29, 1.82) is 0 Å². The van der Waals surface area contributed by atoms with Crippen molar-refractivity contribution in [2.24, 2.45) is 28.1 Å². The van der Waals surface area contributed by atoms with Crippen molar-refractivity contribution in [3.8, 4) is 0 Å². The molecule has 0 aromatic rings. The van der Waals surface area contributed by atoms with Crippen LogP contribution in [0.2, 0.25) is 0 Å². The fourth-order valence-corrected chi connectivity index (χ4v) is 2.98. The fraction of sp³-hybridized carbons (Fsp3) is 0.875. The van der Waals surface area contributed by atoms with Gasteiger partial charge in [0.2, 0.25) is 5.91 Å². The molecule has 0 saturated heterocycles. The largest absolute Gasteiger partial charge is 0.481 e. The summed E-state index contributed by atoms with van der Waals surface area (Å²) in [4.78, 5) is 23.4. The van der Waals surface area contributed by atoms with Gasteiger partial charge in [-0.1, -0.05) is 41.5 Å². The molecule has 1 fully saturated rings. The maximum absolute atomic E-state index is 12.0. The first-order chi connectivity index (χ1) is 8.87. The normalized spacial score (nSPS) is 23.2. The van der Waals surface area contributed by atoms with Crippen molar-refractivity contribution in [3.05, 3.63) is 0 Å². The third kappa shape index (κ3) is 2.70. The van der Waals surface area contributed by atoms with Crippen LogP contribution in [-0.4, -0.2) is 23.5 Å². The Balaban J connectivity index is 2.56. The van der Waals surface area contributed by atoms with Gasteiger partial charge in [-0.25, -0.2) is 0 Å². The summed E-state index contributed by atoms with van der Waals surface area (Å²) in [6, 6.07) is 0. The molecule has 0 aliphatic heterocycles. The second-order valence-electron chi connectivity index (χ2n) is 7.85. The summed E-state index contributed by atoms with van der Waals surface area (Å²) in [7, 11) is 0. The van der Waals surface area contributed by atoms with Crippen molar-refractivity contribution in [3.63, 3.8) is 0 Å². The topological polar surface area (TPSA) is 66.4 Å². The molecule has 0 heterocycles. The smallest absolute Gasteiger partial charge is 0.310 e. The summed E-state index contributed by atoms with van der Waals surface area (Å²) in [5, 5.41) is 12.2. The summed E-state index contributed by atoms with van der Waals surface area (Å²) in [6.07, 6.45) is 0.0353. The molecule has 0 aromatic heterocycles. The molecule has 20 heavy (non-hydrogen) atoms. The second-order valence-corrected chi connectivity index (χ2v) is 7.85. The number of carbonyl (C=O) groups is 2. The van der Waals surface area contributed by atoms with Crippen LogP contribution in [0, 0.1) is 28.1 Å². The first kappa shape index (κ1) is 17.0. The lowest BCUT2D eigenvalue weighted by atomic mass is 9.76. The minimum absolute atomic E-state index is 0.0353. The monoisotopic (exact) mass is 283 g/mol. The van der Waals surface area contributed by atoms with Crippen LogP contribution in [0.25, 0.3) is 0 Å². The number of aliphatic carboxylic acids is 1. The molecule has 2 N–H and O–H groups in total. The highest BCUT2D eigenvalue weighted by atomic mass is 16.4. The molecule has 4 heteroatoms. The van der Waals surface area contributed by atoms with Crippen LogP contribution in [0.4, 0.5) is 0 Å². The first-order valence-corrected chi connectivity index (χ1v) is 7.37. The molecule has 1 unspecified atom stereocenters. The zero-order valence-electron chi connectivity index (χ0n) is 13.8. The van der Waals surface area contributed by atoms with E-state index < -0.39 is 11.4 Å². The molecule has 1 atom stereocenters. The minimum atomic E-state index is -1.00. The molecule has 1 saturated carbocycles. The molecule has 0 bridgehead atoms. The molecule has 0 radical (unpaired) electrons. The summed E-state index contributed by atoms with van der Waals surface area (Å²) in [5.74, 6) is -0.703. The minimum Gasteiger partial charge on any atom is -0.481 e. The number of carbonyl (C=O) groups excluding carboxylic acids is 1. The number of hydrogen-bond donors (Lipinski definition) is 2. The van der Waals surface area contributed by atoms with Crippen LogP contribution in [0.5, 0.6) is 0 Å². The summed E-state index contributed by atoms with van der Waals surface area (Å²) in [6.45, 7) is 14.8. The van der Waals surface area contributed by atoms with Gasteiger partial charge in [0.1, 0.15) is 0 Å². The Morgan fingerprint density at radius 2 is 1.65 bits per heavy atom. The van der Waals surface area contributed by atoms with Crippen molar-refractivity contribution >= 4 is 11.9 Å². The van der Waals surface area contributed by atoms with Crippen molar-refractivity contribution in [2.45, 2.75) is 54.9 Å². The van der Waals surface area contributed by atoms with Gasteiger partial charge in [-0.15, -0.1) is 0 Å². The summed E-state index contributed by atoms with van der Waals surface area (Å²) >= 11 is 0. The van der Waals surface area contributed by atoms with E-state index in [1.54, 1.807) is 6.92 Å². The maximum Gasteiger partial charge on any atom is 0.310 e. The zero-order valence-corrected chi connectivity index (χ0v) is 13.8. The molecule has 116 valence electrons. The number of carboxylic acid groups (broad SMARTS) is 1. The highest BCUT2D eigenvalue weighted by Crippen LogP contribution is 2.67. The van der Waals surface area contributed by atoms with Gasteiger partial charge < -0.3 is 10.4 Å². The lowest BCUT2D eigenvalue weighted by Crippen LogP contribution is -2.39. The van der Waals surface area contributed by atoms with E-state index in [4.69, 9.17) is 0 Å². The van der Waals surface area contributed by atoms with E-state index in [0.717, 1.165) is 0 Å². The Hall–Kier alpha value is -1.06. The predicted octanol–water partition coefficient (Wildman–Crippen LogP) is 2.92. The Morgan fingerprint density at radius 1 is 1.20 bits per heavy atom. The summed E-state index contributed by atoms with van der Waals surface area (Å²) in [5.41, 5.74) is -0.540. The average Bonchev–Trinajstić information content (AvgIpc) is 2.66. The standard InChI is InChI=1S/C16H29NO3/c1-10(2)16(7,13(19)20)8-12(18)17-9-11-14(3,4)15(11,5)6/h10-11H,8-9H2,1-7H3,(H,17,18)(H,19,20). The molecule has 0 aromatic carbocycles. The Morgan fingerprint density at radius 3 is 1.95 bits per heavy atom. The van der Waals surface area contributed by atoms with Crippen molar-refractivity contribution in [1.82, 2.24) is 5.32 Å². The Bertz CT molecular complexity index is 398. The molecule has 4 nitrogen and oxygen atoms in total. The van der Waals surface area contributed by atoms with E-state index in [1.807, 2.05) is 13.8 Å². The highest BCUT2D eigenvalue weighted by molar-refractivity contribution is 5.84. The third-order valence-electron chi connectivity index (χ3n) is 6.11. The van der Waals surface area contributed by atoms with Crippen molar-refractivity contribution in [2.75, 3.05) is 6.54 Å². The van der Waals surface area contributed by atoms with Gasteiger partial charge in [-0.3, -0.25) is 9.59 Å². The second kappa shape index (κ2) is 5.05. The summed E-state index contributed by atoms with van der Waals surface area (Å²) < 4.78 is 0. The van der Waals surface area contributed by atoms with E-state index in [0.29, 0.717) is 12.5 Å². The molecule has 0 spiro atoms. The average molecular weight is 283 g/mol.